The minimum Gasteiger partial charge on any atom is -0.454 e. The van der Waals surface area contributed by atoms with Crippen molar-refractivity contribution in [2.45, 2.75) is 38.4 Å². The molecular formula is C17H17N3O4. The van der Waals surface area contributed by atoms with E-state index >= 15 is 0 Å². The Balaban J connectivity index is 1.83. The van der Waals surface area contributed by atoms with Crippen LogP contribution in [0.4, 0.5) is 0 Å². The van der Waals surface area contributed by atoms with Crippen molar-refractivity contribution in [2.75, 3.05) is 6.79 Å². The van der Waals surface area contributed by atoms with Gasteiger partial charge >= 0.3 is 0 Å². The van der Waals surface area contributed by atoms with Gasteiger partial charge in [0.2, 0.25) is 18.6 Å². The normalized spacial score (nSPS) is 33.9. The van der Waals surface area contributed by atoms with Gasteiger partial charge in [0.05, 0.1) is 17.5 Å². The maximum absolute atomic E-state index is 12.7. The van der Waals surface area contributed by atoms with E-state index in [1.54, 1.807) is 30.9 Å². The number of fused-ring (bicyclic) bond motifs is 2. The number of carbonyl (C=O) groups is 2. The first kappa shape index (κ1) is 14.8. The first-order chi connectivity index (χ1) is 11.4. The first-order valence-corrected chi connectivity index (χ1v) is 7.88. The summed E-state index contributed by atoms with van der Waals surface area (Å²) in [6.45, 7) is 3.62. The predicted molar refractivity (Wildman–Crippen MR) is 81.9 cm³/mol. The third-order valence-corrected chi connectivity index (χ3v) is 5.09. The molecule has 0 aromatic heterocycles. The average Bonchev–Trinajstić information content (AvgIpc) is 3.14. The van der Waals surface area contributed by atoms with E-state index in [0.717, 1.165) is 5.56 Å². The van der Waals surface area contributed by atoms with Crippen molar-refractivity contribution in [3.05, 3.63) is 23.8 Å². The van der Waals surface area contributed by atoms with Crippen molar-refractivity contribution >= 4 is 11.8 Å². The van der Waals surface area contributed by atoms with Crippen LogP contribution >= 0.6 is 0 Å². The van der Waals surface area contributed by atoms with Gasteiger partial charge in [-0.05, 0) is 38.0 Å². The van der Waals surface area contributed by atoms with Gasteiger partial charge in [-0.25, -0.2) is 0 Å². The summed E-state index contributed by atoms with van der Waals surface area (Å²) >= 11 is 0. The molecule has 3 aliphatic heterocycles. The van der Waals surface area contributed by atoms with E-state index < -0.39 is 23.5 Å². The molecule has 2 fully saturated rings. The Labute approximate surface area is 139 Å². The van der Waals surface area contributed by atoms with Gasteiger partial charge in [-0.15, -0.1) is 0 Å². The summed E-state index contributed by atoms with van der Waals surface area (Å²) in [6, 6.07) is 6.03. The van der Waals surface area contributed by atoms with Crippen LogP contribution in [0.1, 0.15) is 31.9 Å². The van der Waals surface area contributed by atoms with Crippen molar-refractivity contribution in [2.24, 2.45) is 5.41 Å². The van der Waals surface area contributed by atoms with Crippen LogP contribution in [0.5, 0.6) is 11.5 Å². The van der Waals surface area contributed by atoms with E-state index in [-0.39, 0.29) is 18.6 Å². The number of hydrogen-bond donors (Lipinski definition) is 1. The van der Waals surface area contributed by atoms with Gasteiger partial charge < -0.3 is 19.7 Å². The summed E-state index contributed by atoms with van der Waals surface area (Å²) in [5, 5.41) is 12.5. The lowest BCUT2D eigenvalue weighted by Crippen LogP contribution is -2.60. The van der Waals surface area contributed by atoms with Gasteiger partial charge in [0.25, 0.3) is 0 Å². The van der Waals surface area contributed by atoms with E-state index in [9.17, 15) is 14.9 Å². The summed E-state index contributed by atoms with van der Waals surface area (Å²) < 4.78 is 10.7. The van der Waals surface area contributed by atoms with Crippen LogP contribution in [0.15, 0.2) is 18.2 Å². The van der Waals surface area contributed by atoms with Crippen LogP contribution in [0.3, 0.4) is 0 Å². The summed E-state index contributed by atoms with van der Waals surface area (Å²) in [5.74, 6) is 0.870. The fourth-order valence-electron chi connectivity index (χ4n) is 3.91. The first-order valence-electron chi connectivity index (χ1n) is 7.88. The lowest BCUT2D eigenvalue weighted by Gasteiger charge is -2.38. The highest BCUT2D eigenvalue weighted by Gasteiger charge is 2.57. The zero-order valence-corrected chi connectivity index (χ0v) is 13.4. The molecule has 0 unspecified atom stereocenters. The molecule has 0 radical (unpaired) electrons. The number of piperazine rings is 1. The van der Waals surface area contributed by atoms with E-state index in [1.807, 2.05) is 6.07 Å². The number of rotatable bonds is 1. The van der Waals surface area contributed by atoms with Crippen LogP contribution in [0.25, 0.3) is 0 Å². The van der Waals surface area contributed by atoms with Crippen molar-refractivity contribution in [1.82, 2.24) is 10.2 Å². The second kappa shape index (κ2) is 4.87. The lowest BCUT2D eigenvalue weighted by molar-refractivity contribution is -0.148. The van der Waals surface area contributed by atoms with Crippen LogP contribution < -0.4 is 14.8 Å². The molecule has 124 valence electrons. The third kappa shape index (κ3) is 1.89. The predicted octanol–water partition coefficient (Wildman–Crippen LogP) is 1.11. The number of nitrogens with one attached hydrogen (secondary N) is 1. The van der Waals surface area contributed by atoms with Gasteiger partial charge in [0.15, 0.2) is 11.5 Å². The molecular weight excluding hydrogens is 310 g/mol. The molecule has 2 amide bonds. The second-order valence-corrected chi connectivity index (χ2v) is 6.74. The zero-order chi connectivity index (χ0) is 17.1. The van der Waals surface area contributed by atoms with Gasteiger partial charge in [-0.3, -0.25) is 9.59 Å². The summed E-state index contributed by atoms with van der Waals surface area (Å²) in [4.78, 5) is 26.6. The lowest BCUT2D eigenvalue weighted by atomic mass is 9.79. The molecule has 0 aliphatic carbocycles. The van der Waals surface area contributed by atoms with Crippen LogP contribution in [-0.2, 0) is 9.59 Å². The van der Waals surface area contributed by atoms with Crippen LogP contribution in [-0.4, -0.2) is 35.6 Å². The molecule has 4 rings (SSSR count). The van der Waals surface area contributed by atoms with Crippen LogP contribution in [0, 0.1) is 16.7 Å². The van der Waals surface area contributed by atoms with Gasteiger partial charge in [0.1, 0.15) is 12.1 Å². The molecule has 1 N–H and O–H groups in total. The highest BCUT2D eigenvalue weighted by Crippen LogP contribution is 2.52. The number of amides is 2. The smallest absolute Gasteiger partial charge is 0.246 e. The van der Waals surface area contributed by atoms with Gasteiger partial charge in [0, 0.05) is 0 Å². The molecule has 4 atom stereocenters. The molecule has 3 heterocycles. The van der Waals surface area contributed by atoms with E-state index in [0.29, 0.717) is 17.9 Å². The molecule has 1 aromatic rings. The van der Waals surface area contributed by atoms with Crippen molar-refractivity contribution < 1.29 is 19.1 Å². The average molecular weight is 327 g/mol. The minimum atomic E-state index is -0.852. The molecule has 7 nitrogen and oxygen atoms in total. The monoisotopic (exact) mass is 327 g/mol. The van der Waals surface area contributed by atoms with Crippen molar-refractivity contribution in [1.29, 1.82) is 5.26 Å². The topological polar surface area (TPSA) is 91.7 Å². The quantitative estimate of drug-likeness (QED) is 0.834. The Morgan fingerprint density at radius 2 is 2.08 bits per heavy atom. The number of nitrogens with zero attached hydrogens (tertiary/aromatic N) is 2. The van der Waals surface area contributed by atoms with Crippen molar-refractivity contribution in [3.8, 4) is 17.6 Å². The highest BCUT2D eigenvalue weighted by molar-refractivity contribution is 5.97. The Morgan fingerprint density at radius 1 is 1.33 bits per heavy atom. The van der Waals surface area contributed by atoms with Gasteiger partial charge in [-0.2, -0.15) is 5.26 Å². The second-order valence-electron chi connectivity index (χ2n) is 6.74. The van der Waals surface area contributed by atoms with E-state index in [4.69, 9.17) is 9.47 Å². The Hall–Kier alpha value is -2.75. The Morgan fingerprint density at radius 3 is 2.83 bits per heavy atom. The molecule has 24 heavy (non-hydrogen) atoms. The molecule has 0 spiro atoms. The molecule has 0 bridgehead atoms. The number of benzene rings is 1. The molecule has 7 heteroatoms. The molecule has 3 aliphatic rings. The fourth-order valence-corrected chi connectivity index (χ4v) is 3.91. The number of ether oxygens (including phenoxy) is 2. The largest absolute Gasteiger partial charge is 0.454 e. The number of carbonyl (C=O) groups excluding carboxylic acids is 2. The standard InChI is InChI=1S/C17H17N3O4/c1-9-16(22)20-11(15(21)19-9)6-17(2,7-18)14(20)10-3-4-12-13(5-10)24-8-23-12/h3-5,9,11,14H,6,8H2,1-2H3,(H,19,21)/t9-,11+,14+,17-/m0/s1. The summed E-state index contributed by atoms with van der Waals surface area (Å²) in [5.41, 5.74) is -0.0730. The maximum Gasteiger partial charge on any atom is 0.246 e. The molecule has 1 aromatic carbocycles. The number of hydrogen-bond acceptors (Lipinski definition) is 5. The maximum atomic E-state index is 12.7. The highest BCUT2D eigenvalue weighted by atomic mass is 16.7. The van der Waals surface area contributed by atoms with Crippen LogP contribution in [0.2, 0.25) is 0 Å². The Bertz CT molecular complexity index is 787. The van der Waals surface area contributed by atoms with E-state index in [1.165, 1.54) is 0 Å². The SMILES string of the molecule is C[C@@H]1NC(=O)[C@H]2C[C@@](C)(C#N)[C@@H](c3ccc4c(c3)OCO4)N2C1=O. The summed E-state index contributed by atoms with van der Waals surface area (Å²) in [7, 11) is 0. The van der Waals surface area contributed by atoms with Gasteiger partial charge in [-0.1, -0.05) is 6.07 Å². The molecule has 0 saturated carbocycles. The summed E-state index contributed by atoms with van der Waals surface area (Å²) in [6.07, 6.45) is 0.312. The number of nitriles is 1. The molecule has 2 saturated heterocycles. The Kier molecular flexibility index (Phi) is 3.01. The zero-order valence-electron chi connectivity index (χ0n) is 13.4. The minimum absolute atomic E-state index is 0.156. The fraction of sp³-hybridized carbons (Fsp3) is 0.471. The van der Waals surface area contributed by atoms with Crippen molar-refractivity contribution in [3.63, 3.8) is 0 Å². The van der Waals surface area contributed by atoms with E-state index in [2.05, 4.69) is 11.4 Å². The third-order valence-electron chi connectivity index (χ3n) is 5.09.